The molecule has 2 aliphatic heterocycles. The molecule has 0 N–H and O–H groups in total. The predicted octanol–water partition coefficient (Wildman–Crippen LogP) is 5.44. The molecule has 0 aromatic heterocycles. The third-order valence-corrected chi connectivity index (χ3v) is 5.93. The van der Waals surface area contributed by atoms with Crippen LogP contribution in [0, 0.1) is 0 Å². The first-order chi connectivity index (χ1) is 14.2. The van der Waals surface area contributed by atoms with E-state index in [0.29, 0.717) is 10.6 Å². The van der Waals surface area contributed by atoms with Gasteiger partial charge in [-0.05, 0) is 42.0 Å². The van der Waals surface area contributed by atoms with Gasteiger partial charge in [0.25, 0.3) is 0 Å². The molecule has 2 atom stereocenters. The van der Waals surface area contributed by atoms with E-state index in [0.717, 1.165) is 30.2 Å². The lowest BCUT2D eigenvalue weighted by atomic mass is 9.84. The van der Waals surface area contributed by atoms with Crippen LogP contribution < -0.4 is 4.74 Å². The Labute approximate surface area is 174 Å². The Balaban J connectivity index is 1.40. The number of hydrogen-bond acceptors (Lipinski definition) is 4. The van der Waals surface area contributed by atoms with Gasteiger partial charge in [0.1, 0.15) is 18.2 Å². The molecular weight excluding hydrogens is 386 g/mol. The molecule has 0 bridgehead atoms. The van der Waals surface area contributed by atoms with Crippen molar-refractivity contribution in [2.45, 2.75) is 11.8 Å². The first-order valence-corrected chi connectivity index (χ1v) is 10.1. The lowest BCUT2D eigenvalue weighted by molar-refractivity contribution is 0.0264. The van der Waals surface area contributed by atoms with Crippen molar-refractivity contribution in [1.82, 2.24) is 4.90 Å². The van der Waals surface area contributed by atoms with Crippen molar-refractivity contribution in [3.8, 4) is 11.5 Å². The molecule has 0 radical (unpaired) electrons. The van der Waals surface area contributed by atoms with Crippen LogP contribution in [0.5, 0.6) is 11.5 Å². The minimum absolute atomic E-state index is 0.225. The molecule has 0 amide bonds. The number of fused-ring (bicyclic) bond motifs is 5. The van der Waals surface area contributed by atoms with Crippen LogP contribution in [0.25, 0.3) is 0 Å². The van der Waals surface area contributed by atoms with Gasteiger partial charge in [-0.3, -0.25) is 4.90 Å². The summed E-state index contributed by atoms with van der Waals surface area (Å²) < 4.78 is 11.8. The van der Waals surface area contributed by atoms with Crippen LogP contribution in [-0.2, 0) is 4.74 Å². The van der Waals surface area contributed by atoms with Crippen molar-refractivity contribution in [1.29, 1.82) is 0 Å². The third kappa shape index (κ3) is 3.50. The van der Waals surface area contributed by atoms with Gasteiger partial charge in [0.15, 0.2) is 0 Å². The SMILES string of the molecule is O=C(OCN1CC2c3ccccc3Oc3ccc(Cl)cc3C2C1)c1ccccc1. The van der Waals surface area contributed by atoms with Gasteiger partial charge in [-0.25, -0.2) is 4.79 Å². The van der Waals surface area contributed by atoms with Crippen LogP contribution in [0.1, 0.15) is 33.3 Å². The number of halogens is 1. The van der Waals surface area contributed by atoms with Gasteiger partial charge in [0.2, 0.25) is 0 Å². The summed E-state index contributed by atoms with van der Waals surface area (Å²) in [6, 6.07) is 23.0. The minimum atomic E-state index is -0.301. The second-order valence-corrected chi connectivity index (χ2v) is 7.93. The largest absolute Gasteiger partial charge is 0.457 e. The molecule has 0 aliphatic carbocycles. The lowest BCUT2D eigenvalue weighted by Crippen LogP contribution is -2.26. The molecule has 2 heterocycles. The Morgan fingerprint density at radius 1 is 0.931 bits per heavy atom. The zero-order valence-corrected chi connectivity index (χ0v) is 16.5. The molecule has 146 valence electrons. The number of carbonyl (C=O) groups excluding carboxylic acids is 1. The smallest absolute Gasteiger partial charge is 0.339 e. The summed E-state index contributed by atoms with van der Waals surface area (Å²) in [4.78, 5) is 14.5. The van der Waals surface area contributed by atoms with Gasteiger partial charge >= 0.3 is 5.97 Å². The van der Waals surface area contributed by atoms with E-state index in [4.69, 9.17) is 21.1 Å². The zero-order valence-electron chi connectivity index (χ0n) is 15.8. The highest BCUT2D eigenvalue weighted by molar-refractivity contribution is 6.30. The molecule has 0 saturated carbocycles. The maximum absolute atomic E-state index is 12.3. The summed E-state index contributed by atoms with van der Waals surface area (Å²) in [7, 11) is 0. The standard InChI is InChI=1S/C24H20ClNO3/c25-17-10-11-23-19(12-17)21-14-26(15-28-24(27)16-6-2-1-3-7-16)13-20(21)18-8-4-5-9-22(18)29-23/h1-12,20-21H,13-15H2. The van der Waals surface area contributed by atoms with Gasteiger partial charge in [-0.2, -0.15) is 0 Å². The van der Waals surface area contributed by atoms with Crippen molar-refractivity contribution < 1.29 is 14.3 Å². The Hall–Kier alpha value is -2.82. The molecule has 29 heavy (non-hydrogen) atoms. The molecule has 5 rings (SSSR count). The molecule has 3 aromatic carbocycles. The molecular formula is C24H20ClNO3. The monoisotopic (exact) mass is 405 g/mol. The Kier molecular flexibility index (Phi) is 4.74. The second kappa shape index (κ2) is 7.54. The van der Waals surface area contributed by atoms with Crippen molar-refractivity contribution >= 4 is 17.6 Å². The topological polar surface area (TPSA) is 38.8 Å². The Morgan fingerprint density at radius 3 is 2.45 bits per heavy atom. The van der Waals surface area contributed by atoms with Gasteiger partial charge in [-0.15, -0.1) is 0 Å². The number of benzene rings is 3. The van der Waals surface area contributed by atoms with E-state index < -0.39 is 0 Å². The number of para-hydroxylation sites is 1. The third-order valence-electron chi connectivity index (χ3n) is 5.69. The first kappa shape index (κ1) is 18.2. The number of likely N-dealkylation sites (tertiary alicyclic amines) is 1. The number of esters is 1. The van der Waals surface area contributed by atoms with Crippen molar-refractivity contribution in [2.24, 2.45) is 0 Å². The molecule has 2 unspecified atom stereocenters. The highest BCUT2D eigenvalue weighted by Gasteiger charge is 2.40. The molecule has 4 nitrogen and oxygen atoms in total. The molecule has 3 aromatic rings. The van der Waals surface area contributed by atoms with Crippen LogP contribution in [0.15, 0.2) is 72.8 Å². The Morgan fingerprint density at radius 2 is 1.62 bits per heavy atom. The number of carbonyl (C=O) groups is 1. The fraction of sp³-hybridized carbons (Fsp3) is 0.208. The van der Waals surface area contributed by atoms with E-state index in [1.807, 2.05) is 54.6 Å². The van der Waals surface area contributed by atoms with Crippen molar-refractivity contribution in [2.75, 3.05) is 19.8 Å². The summed E-state index contributed by atoms with van der Waals surface area (Å²) in [6.45, 7) is 1.83. The summed E-state index contributed by atoms with van der Waals surface area (Å²) in [5, 5.41) is 0.700. The second-order valence-electron chi connectivity index (χ2n) is 7.50. The van der Waals surface area contributed by atoms with Gasteiger partial charge in [0.05, 0.1) is 5.56 Å². The maximum atomic E-state index is 12.3. The normalized spacial score (nSPS) is 20.0. The van der Waals surface area contributed by atoms with E-state index in [9.17, 15) is 4.79 Å². The number of rotatable bonds is 3. The summed E-state index contributed by atoms with van der Waals surface area (Å²) >= 11 is 6.30. The fourth-order valence-electron chi connectivity index (χ4n) is 4.33. The number of nitrogens with zero attached hydrogens (tertiary/aromatic N) is 1. The quantitative estimate of drug-likeness (QED) is 0.543. The maximum Gasteiger partial charge on any atom is 0.339 e. The van der Waals surface area contributed by atoms with Crippen molar-refractivity contribution in [3.63, 3.8) is 0 Å². The fourth-order valence-corrected chi connectivity index (χ4v) is 4.51. The number of hydrogen-bond donors (Lipinski definition) is 0. The summed E-state index contributed by atoms with van der Waals surface area (Å²) in [5.74, 6) is 1.90. The van der Waals surface area contributed by atoms with Gasteiger partial charge < -0.3 is 9.47 Å². The Bertz CT molecular complexity index is 1050. The zero-order chi connectivity index (χ0) is 19.8. The molecule has 1 saturated heterocycles. The average molecular weight is 406 g/mol. The average Bonchev–Trinajstić information content (AvgIpc) is 3.13. The van der Waals surface area contributed by atoms with Crippen LogP contribution >= 0.6 is 11.6 Å². The van der Waals surface area contributed by atoms with E-state index in [1.54, 1.807) is 12.1 Å². The predicted molar refractivity (Wildman–Crippen MR) is 112 cm³/mol. The summed E-state index contributed by atoms with van der Waals surface area (Å²) in [5.41, 5.74) is 2.86. The van der Waals surface area contributed by atoms with Crippen LogP contribution in [0.2, 0.25) is 5.02 Å². The van der Waals surface area contributed by atoms with Gasteiger partial charge in [-0.1, -0.05) is 48.0 Å². The summed E-state index contributed by atoms with van der Waals surface area (Å²) in [6.07, 6.45) is 0. The highest BCUT2D eigenvalue weighted by Crippen LogP contribution is 2.50. The van der Waals surface area contributed by atoms with Crippen molar-refractivity contribution in [3.05, 3.63) is 94.5 Å². The van der Waals surface area contributed by atoms with E-state index in [-0.39, 0.29) is 24.5 Å². The number of ether oxygens (including phenoxy) is 2. The highest BCUT2D eigenvalue weighted by atomic mass is 35.5. The minimum Gasteiger partial charge on any atom is -0.457 e. The molecule has 2 aliphatic rings. The molecule has 1 fully saturated rings. The first-order valence-electron chi connectivity index (χ1n) is 9.70. The van der Waals surface area contributed by atoms with E-state index in [1.165, 1.54) is 5.56 Å². The molecule has 5 heteroatoms. The van der Waals surface area contributed by atoms with Gasteiger partial charge in [0, 0.05) is 35.5 Å². The van der Waals surface area contributed by atoms with Crippen LogP contribution in [0.3, 0.4) is 0 Å². The van der Waals surface area contributed by atoms with E-state index >= 15 is 0 Å². The molecule has 0 spiro atoms. The van der Waals surface area contributed by atoms with E-state index in [2.05, 4.69) is 11.0 Å². The van der Waals surface area contributed by atoms with Crippen LogP contribution in [0.4, 0.5) is 0 Å². The lowest BCUT2D eigenvalue weighted by Gasteiger charge is -2.17. The van der Waals surface area contributed by atoms with Crippen LogP contribution in [-0.4, -0.2) is 30.7 Å².